The summed E-state index contributed by atoms with van der Waals surface area (Å²) >= 11 is 0. The van der Waals surface area contributed by atoms with Crippen LogP contribution >= 0.6 is 0 Å². The molecule has 1 heterocycles. The maximum absolute atomic E-state index is 12.5. The lowest BCUT2D eigenvalue weighted by Gasteiger charge is -2.16. The van der Waals surface area contributed by atoms with Gasteiger partial charge in [-0.1, -0.05) is 25.7 Å². The Balaban J connectivity index is 2.22. The summed E-state index contributed by atoms with van der Waals surface area (Å²) in [5.41, 5.74) is 0.696. The van der Waals surface area contributed by atoms with E-state index in [0.717, 1.165) is 0 Å². The van der Waals surface area contributed by atoms with Gasteiger partial charge < -0.3 is 5.11 Å². The first-order chi connectivity index (χ1) is 9.45. The van der Waals surface area contributed by atoms with E-state index in [1.165, 1.54) is 0 Å². The predicted molar refractivity (Wildman–Crippen MR) is 77.5 cm³/mol. The lowest BCUT2D eigenvalue weighted by Crippen LogP contribution is -2.29. The smallest absolute Gasteiger partial charge is 0.243 e. The molecule has 0 spiro atoms. The first-order valence-corrected chi connectivity index (χ1v) is 8.09. The fourth-order valence-electron chi connectivity index (χ4n) is 2.27. The molecule has 1 fully saturated rings. The third kappa shape index (κ3) is 3.04. The Kier molecular flexibility index (Phi) is 4.48. The van der Waals surface area contributed by atoms with Crippen molar-refractivity contribution < 1.29 is 13.5 Å². The summed E-state index contributed by atoms with van der Waals surface area (Å²) in [6, 6.07) is 6.48. The van der Waals surface area contributed by atoms with Gasteiger partial charge in [0.05, 0.1) is 4.90 Å². The molecule has 0 radical (unpaired) electrons. The molecule has 2 atom stereocenters. The van der Waals surface area contributed by atoms with E-state index in [9.17, 15) is 8.42 Å². The van der Waals surface area contributed by atoms with Crippen molar-refractivity contribution in [2.24, 2.45) is 11.8 Å². The summed E-state index contributed by atoms with van der Waals surface area (Å²) in [4.78, 5) is 0.299. The van der Waals surface area contributed by atoms with Gasteiger partial charge in [-0.15, -0.1) is 0 Å². The molecule has 1 aliphatic rings. The largest absolute Gasteiger partial charge is 0.384 e. The Bertz CT molecular complexity index is 615. The third-order valence-electron chi connectivity index (χ3n) is 3.76. The van der Waals surface area contributed by atoms with Crippen molar-refractivity contribution in [3.63, 3.8) is 0 Å². The molecule has 0 bridgehead atoms. The molecule has 1 aromatic rings. The van der Waals surface area contributed by atoms with Crippen molar-refractivity contribution in [1.29, 1.82) is 0 Å². The second kappa shape index (κ2) is 5.96. The molecule has 2 unspecified atom stereocenters. The van der Waals surface area contributed by atoms with E-state index >= 15 is 0 Å². The van der Waals surface area contributed by atoms with E-state index in [0.29, 0.717) is 35.4 Å². The van der Waals surface area contributed by atoms with Crippen molar-refractivity contribution in [1.82, 2.24) is 4.31 Å². The van der Waals surface area contributed by atoms with E-state index < -0.39 is 10.0 Å². The molecule has 0 amide bonds. The number of hydrogen-bond donors (Lipinski definition) is 1. The molecule has 0 aliphatic carbocycles. The highest BCUT2D eigenvalue weighted by atomic mass is 32.2. The van der Waals surface area contributed by atoms with Crippen molar-refractivity contribution >= 4 is 10.0 Å². The second-order valence-electron chi connectivity index (χ2n) is 5.26. The molecule has 1 aromatic carbocycles. The molecule has 0 saturated carbocycles. The van der Waals surface area contributed by atoms with Crippen molar-refractivity contribution in [2.75, 3.05) is 19.7 Å². The SMILES string of the molecule is CC1CN(S(=O)(=O)c2ccc(C#CCO)cc2)CC1C. The van der Waals surface area contributed by atoms with E-state index in [1.54, 1.807) is 28.6 Å². The van der Waals surface area contributed by atoms with Gasteiger partial charge in [-0.25, -0.2) is 8.42 Å². The summed E-state index contributed by atoms with van der Waals surface area (Å²) in [5.74, 6) is 6.06. The van der Waals surface area contributed by atoms with Crippen LogP contribution in [-0.2, 0) is 10.0 Å². The van der Waals surface area contributed by atoms with Gasteiger partial charge in [0.15, 0.2) is 0 Å². The summed E-state index contributed by atoms with van der Waals surface area (Å²) in [7, 11) is -3.41. The third-order valence-corrected chi connectivity index (χ3v) is 5.60. The number of nitrogens with zero attached hydrogens (tertiary/aromatic N) is 1. The molecule has 4 nitrogen and oxygen atoms in total. The van der Waals surface area contributed by atoms with Crippen LogP contribution in [0.25, 0.3) is 0 Å². The minimum absolute atomic E-state index is 0.205. The zero-order chi connectivity index (χ0) is 14.8. The molecular weight excluding hydrogens is 274 g/mol. The molecule has 2 rings (SSSR count). The van der Waals surface area contributed by atoms with Crippen LogP contribution < -0.4 is 0 Å². The molecule has 0 aromatic heterocycles. The maximum atomic E-state index is 12.5. The summed E-state index contributed by atoms with van der Waals surface area (Å²) in [6.07, 6.45) is 0. The van der Waals surface area contributed by atoms with Crippen molar-refractivity contribution in [2.45, 2.75) is 18.7 Å². The monoisotopic (exact) mass is 293 g/mol. The number of aliphatic hydroxyl groups excluding tert-OH is 1. The van der Waals surface area contributed by atoms with E-state index in [4.69, 9.17) is 5.11 Å². The Morgan fingerprint density at radius 2 is 1.75 bits per heavy atom. The average molecular weight is 293 g/mol. The summed E-state index contributed by atoms with van der Waals surface area (Å²) < 4.78 is 26.6. The zero-order valence-electron chi connectivity index (χ0n) is 11.7. The predicted octanol–water partition coefficient (Wildman–Crippen LogP) is 1.31. The highest BCUT2D eigenvalue weighted by Gasteiger charge is 2.34. The molecule has 108 valence electrons. The number of rotatable bonds is 2. The van der Waals surface area contributed by atoms with Gasteiger partial charge in [0, 0.05) is 18.7 Å². The Morgan fingerprint density at radius 1 is 1.20 bits per heavy atom. The Labute approximate surface area is 120 Å². The standard InChI is InChI=1S/C15H19NO3S/c1-12-10-16(11-13(12)2)20(18,19)15-7-5-14(6-8-15)4-3-9-17/h5-8,12-13,17H,9-11H2,1-2H3. The van der Waals surface area contributed by atoms with Crippen LogP contribution in [0.3, 0.4) is 0 Å². The van der Waals surface area contributed by atoms with E-state index in [2.05, 4.69) is 25.7 Å². The van der Waals surface area contributed by atoms with Gasteiger partial charge in [-0.2, -0.15) is 4.31 Å². The highest BCUT2D eigenvalue weighted by molar-refractivity contribution is 7.89. The van der Waals surface area contributed by atoms with Gasteiger partial charge >= 0.3 is 0 Å². The fourth-order valence-corrected chi connectivity index (χ4v) is 3.91. The van der Waals surface area contributed by atoms with E-state index in [1.807, 2.05) is 0 Å². The summed E-state index contributed by atoms with van der Waals surface area (Å²) in [5, 5.41) is 8.63. The number of benzene rings is 1. The van der Waals surface area contributed by atoms with Crippen molar-refractivity contribution in [3.8, 4) is 11.8 Å². The van der Waals surface area contributed by atoms with Gasteiger partial charge in [-0.05, 0) is 36.1 Å². The van der Waals surface area contributed by atoms with Crippen LogP contribution in [0.15, 0.2) is 29.2 Å². The molecule has 1 N–H and O–H groups in total. The van der Waals surface area contributed by atoms with Gasteiger partial charge in [0.1, 0.15) is 6.61 Å². The first-order valence-electron chi connectivity index (χ1n) is 6.65. The lowest BCUT2D eigenvalue weighted by atomic mass is 10.0. The second-order valence-corrected chi connectivity index (χ2v) is 7.20. The highest BCUT2D eigenvalue weighted by Crippen LogP contribution is 2.27. The lowest BCUT2D eigenvalue weighted by molar-refractivity contribution is 0.350. The topological polar surface area (TPSA) is 57.6 Å². The minimum atomic E-state index is -3.41. The quantitative estimate of drug-likeness (QED) is 0.836. The van der Waals surface area contributed by atoms with Crippen LogP contribution in [0.5, 0.6) is 0 Å². The van der Waals surface area contributed by atoms with E-state index in [-0.39, 0.29) is 6.61 Å². The average Bonchev–Trinajstić information content (AvgIpc) is 2.77. The summed E-state index contributed by atoms with van der Waals surface area (Å²) in [6.45, 7) is 5.11. The van der Waals surface area contributed by atoms with Gasteiger partial charge in [0.2, 0.25) is 10.0 Å². The Hall–Kier alpha value is -1.35. The van der Waals surface area contributed by atoms with Gasteiger partial charge in [0.25, 0.3) is 0 Å². The first kappa shape index (κ1) is 15.0. The zero-order valence-corrected chi connectivity index (χ0v) is 12.5. The number of hydrogen-bond acceptors (Lipinski definition) is 3. The fraction of sp³-hybridized carbons (Fsp3) is 0.467. The van der Waals surface area contributed by atoms with Crippen LogP contribution in [-0.4, -0.2) is 37.5 Å². The van der Waals surface area contributed by atoms with Crippen LogP contribution in [0.1, 0.15) is 19.4 Å². The number of aliphatic hydroxyl groups is 1. The molecular formula is C15H19NO3S. The molecule has 1 saturated heterocycles. The minimum Gasteiger partial charge on any atom is -0.384 e. The normalized spacial score (nSPS) is 23.4. The van der Waals surface area contributed by atoms with Crippen LogP contribution in [0, 0.1) is 23.7 Å². The van der Waals surface area contributed by atoms with Crippen LogP contribution in [0.2, 0.25) is 0 Å². The molecule has 5 heteroatoms. The van der Waals surface area contributed by atoms with Crippen molar-refractivity contribution in [3.05, 3.63) is 29.8 Å². The number of sulfonamides is 1. The van der Waals surface area contributed by atoms with Crippen LogP contribution in [0.4, 0.5) is 0 Å². The van der Waals surface area contributed by atoms with Gasteiger partial charge in [-0.3, -0.25) is 0 Å². The molecule has 1 aliphatic heterocycles. The molecule has 20 heavy (non-hydrogen) atoms. The maximum Gasteiger partial charge on any atom is 0.243 e. The Morgan fingerprint density at radius 3 is 2.25 bits per heavy atom.